The van der Waals surface area contributed by atoms with Gasteiger partial charge in [0.25, 0.3) is 0 Å². The largest absolute Gasteiger partial charge is 0.473 e. The molecular weight excluding hydrogens is 328 g/mol. The molecule has 24 heavy (non-hydrogen) atoms. The van der Waals surface area contributed by atoms with Crippen LogP contribution in [0, 0.1) is 0 Å². The van der Waals surface area contributed by atoms with Gasteiger partial charge in [-0.1, -0.05) is 18.2 Å². The number of hydrogen-bond donors (Lipinski definition) is 2. The van der Waals surface area contributed by atoms with Crippen LogP contribution < -0.4 is 10.5 Å². The molecule has 0 unspecified atom stereocenters. The second kappa shape index (κ2) is 5.48. The van der Waals surface area contributed by atoms with Crippen molar-refractivity contribution >= 4 is 26.7 Å². The summed E-state index contributed by atoms with van der Waals surface area (Å²) in [6.07, 6.45) is 4.47. The van der Waals surface area contributed by atoms with Crippen molar-refractivity contribution in [2.24, 2.45) is 0 Å². The SMILES string of the molecule is Nc1[nH]c2c(OC3CCC3)ncnc2c1S(=O)(=O)c1ccccc1. The number of nitrogens with one attached hydrogen (secondary N) is 1. The van der Waals surface area contributed by atoms with Crippen molar-refractivity contribution in [2.75, 3.05) is 5.73 Å². The first-order chi connectivity index (χ1) is 11.6. The highest BCUT2D eigenvalue weighted by Gasteiger charge is 2.29. The number of ether oxygens (including phenoxy) is 1. The van der Waals surface area contributed by atoms with E-state index >= 15 is 0 Å². The molecule has 1 aromatic carbocycles. The maximum atomic E-state index is 12.9. The number of H-pyrrole nitrogens is 1. The number of sulfone groups is 1. The monoisotopic (exact) mass is 344 g/mol. The van der Waals surface area contributed by atoms with Gasteiger partial charge in [0.15, 0.2) is 0 Å². The van der Waals surface area contributed by atoms with Gasteiger partial charge in [-0.3, -0.25) is 0 Å². The number of nitrogens with zero attached hydrogens (tertiary/aromatic N) is 2. The van der Waals surface area contributed by atoms with Crippen LogP contribution in [0.3, 0.4) is 0 Å². The van der Waals surface area contributed by atoms with E-state index in [0.717, 1.165) is 19.3 Å². The maximum Gasteiger partial charge on any atom is 0.241 e. The quantitative estimate of drug-likeness (QED) is 0.751. The molecule has 0 saturated heterocycles. The average molecular weight is 344 g/mol. The molecule has 3 aromatic rings. The molecule has 124 valence electrons. The van der Waals surface area contributed by atoms with E-state index in [1.165, 1.54) is 18.5 Å². The summed E-state index contributed by atoms with van der Waals surface area (Å²) in [5, 5.41) is 0. The summed E-state index contributed by atoms with van der Waals surface area (Å²) in [7, 11) is -3.79. The second-order valence-electron chi connectivity index (χ2n) is 5.76. The van der Waals surface area contributed by atoms with Gasteiger partial charge in [0, 0.05) is 0 Å². The van der Waals surface area contributed by atoms with Gasteiger partial charge in [0.1, 0.15) is 34.2 Å². The lowest BCUT2D eigenvalue weighted by molar-refractivity contribution is 0.116. The van der Waals surface area contributed by atoms with E-state index in [9.17, 15) is 8.42 Å². The third-order valence-electron chi connectivity index (χ3n) is 4.18. The summed E-state index contributed by atoms with van der Waals surface area (Å²) in [5.41, 5.74) is 6.63. The van der Waals surface area contributed by atoms with Crippen molar-refractivity contribution in [2.45, 2.75) is 35.2 Å². The van der Waals surface area contributed by atoms with Crippen molar-refractivity contribution in [1.82, 2.24) is 15.0 Å². The van der Waals surface area contributed by atoms with Gasteiger partial charge >= 0.3 is 0 Å². The molecule has 4 rings (SSSR count). The molecule has 1 aliphatic rings. The molecule has 0 radical (unpaired) electrons. The Morgan fingerprint density at radius 2 is 1.92 bits per heavy atom. The van der Waals surface area contributed by atoms with Gasteiger partial charge in [-0.05, 0) is 31.4 Å². The second-order valence-corrected chi connectivity index (χ2v) is 7.64. The van der Waals surface area contributed by atoms with Crippen molar-refractivity contribution in [3.05, 3.63) is 36.7 Å². The number of benzene rings is 1. The van der Waals surface area contributed by atoms with Crippen LogP contribution >= 0.6 is 0 Å². The fourth-order valence-corrected chi connectivity index (χ4v) is 4.20. The number of aromatic nitrogens is 3. The highest BCUT2D eigenvalue weighted by Crippen LogP contribution is 2.36. The van der Waals surface area contributed by atoms with Gasteiger partial charge in [-0.2, -0.15) is 4.98 Å². The molecular formula is C16H16N4O3S. The summed E-state index contributed by atoms with van der Waals surface area (Å²) in [4.78, 5) is 11.2. The molecule has 2 aromatic heterocycles. The molecule has 8 heteroatoms. The molecule has 7 nitrogen and oxygen atoms in total. The minimum absolute atomic E-state index is 0.0350. The lowest BCUT2D eigenvalue weighted by atomic mass is 9.96. The fraction of sp³-hybridized carbons (Fsp3) is 0.250. The first-order valence-electron chi connectivity index (χ1n) is 7.66. The van der Waals surface area contributed by atoms with Crippen LogP contribution in [-0.4, -0.2) is 29.5 Å². The Balaban J connectivity index is 1.87. The molecule has 0 spiro atoms. The van der Waals surface area contributed by atoms with Crippen LogP contribution in [-0.2, 0) is 9.84 Å². The fourth-order valence-electron chi connectivity index (χ4n) is 2.70. The van der Waals surface area contributed by atoms with Crippen LogP contribution in [0.2, 0.25) is 0 Å². The first kappa shape index (κ1) is 14.9. The Kier molecular flexibility index (Phi) is 3.42. The van der Waals surface area contributed by atoms with Crippen LogP contribution in [0.25, 0.3) is 11.0 Å². The van der Waals surface area contributed by atoms with Crippen molar-refractivity contribution in [3.8, 4) is 5.88 Å². The molecule has 1 saturated carbocycles. The summed E-state index contributed by atoms with van der Waals surface area (Å²) < 4.78 is 31.7. The highest BCUT2D eigenvalue weighted by atomic mass is 32.2. The maximum absolute atomic E-state index is 12.9. The summed E-state index contributed by atoms with van der Waals surface area (Å²) in [5.74, 6) is 0.374. The molecule has 0 atom stereocenters. The lowest BCUT2D eigenvalue weighted by Crippen LogP contribution is -2.25. The Morgan fingerprint density at radius 1 is 1.17 bits per heavy atom. The number of hydrogen-bond acceptors (Lipinski definition) is 6. The van der Waals surface area contributed by atoms with Crippen molar-refractivity contribution in [3.63, 3.8) is 0 Å². The Hall–Kier alpha value is -2.61. The van der Waals surface area contributed by atoms with Crippen LogP contribution in [0.5, 0.6) is 5.88 Å². The normalized spacial score (nSPS) is 15.3. The summed E-state index contributed by atoms with van der Waals surface area (Å²) in [6, 6.07) is 8.14. The summed E-state index contributed by atoms with van der Waals surface area (Å²) >= 11 is 0. The van der Waals surface area contributed by atoms with Gasteiger partial charge in [0.05, 0.1) is 4.90 Å². The Labute approximate surface area is 138 Å². The number of nitrogen functional groups attached to an aromatic ring is 1. The average Bonchev–Trinajstić information content (AvgIpc) is 2.89. The van der Waals surface area contributed by atoms with E-state index in [1.807, 2.05) is 0 Å². The summed E-state index contributed by atoms with van der Waals surface area (Å²) in [6.45, 7) is 0. The third-order valence-corrected chi connectivity index (χ3v) is 6.03. The Bertz CT molecular complexity index is 995. The minimum atomic E-state index is -3.79. The van der Waals surface area contributed by atoms with Crippen LogP contribution in [0.4, 0.5) is 5.82 Å². The van der Waals surface area contributed by atoms with E-state index in [-0.39, 0.29) is 27.2 Å². The zero-order chi connectivity index (χ0) is 16.7. The van der Waals surface area contributed by atoms with E-state index < -0.39 is 9.84 Å². The molecule has 3 N–H and O–H groups in total. The molecule has 1 aliphatic carbocycles. The predicted molar refractivity (Wildman–Crippen MR) is 88.5 cm³/mol. The van der Waals surface area contributed by atoms with Gasteiger partial charge < -0.3 is 15.5 Å². The molecule has 2 heterocycles. The van der Waals surface area contributed by atoms with Crippen molar-refractivity contribution < 1.29 is 13.2 Å². The number of nitrogens with two attached hydrogens (primary N) is 1. The van der Waals surface area contributed by atoms with Crippen molar-refractivity contribution in [1.29, 1.82) is 0 Å². The lowest BCUT2D eigenvalue weighted by Gasteiger charge is -2.25. The number of anilines is 1. The topological polar surface area (TPSA) is 111 Å². The first-order valence-corrected chi connectivity index (χ1v) is 9.14. The van der Waals surface area contributed by atoms with Gasteiger partial charge in [-0.15, -0.1) is 0 Å². The van der Waals surface area contributed by atoms with Gasteiger partial charge in [-0.25, -0.2) is 13.4 Å². The van der Waals surface area contributed by atoms with E-state index in [1.54, 1.807) is 18.2 Å². The minimum Gasteiger partial charge on any atom is -0.473 e. The van der Waals surface area contributed by atoms with E-state index in [0.29, 0.717) is 11.4 Å². The standard InChI is InChI=1S/C16H16N4O3S/c17-15-14(24(21,22)11-7-2-1-3-8-11)12-13(20-15)16(19-9-18-12)23-10-5-4-6-10/h1-3,7-10,20H,4-6,17H2. The number of fused-ring (bicyclic) bond motifs is 1. The number of aromatic amines is 1. The smallest absolute Gasteiger partial charge is 0.241 e. The van der Waals surface area contributed by atoms with Crippen LogP contribution in [0.1, 0.15) is 19.3 Å². The molecule has 0 amide bonds. The zero-order valence-electron chi connectivity index (χ0n) is 12.8. The molecule has 0 bridgehead atoms. The van der Waals surface area contributed by atoms with Gasteiger partial charge in [0.2, 0.25) is 15.7 Å². The Morgan fingerprint density at radius 3 is 2.58 bits per heavy atom. The van der Waals surface area contributed by atoms with Crippen LogP contribution in [0.15, 0.2) is 46.5 Å². The predicted octanol–water partition coefficient (Wildman–Crippen LogP) is 2.30. The van der Waals surface area contributed by atoms with E-state index in [2.05, 4.69) is 15.0 Å². The number of rotatable bonds is 4. The van der Waals surface area contributed by atoms with E-state index in [4.69, 9.17) is 10.5 Å². The third kappa shape index (κ3) is 2.30. The highest BCUT2D eigenvalue weighted by molar-refractivity contribution is 7.92. The molecule has 1 fully saturated rings. The zero-order valence-corrected chi connectivity index (χ0v) is 13.6. The molecule has 0 aliphatic heterocycles.